The van der Waals surface area contributed by atoms with Crippen LogP contribution in [0.3, 0.4) is 0 Å². The second-order valence-corrected chi connectivity index (χ2v) is 4.23. The van der Waals surface area contributed by atoms with E-state index in [1.807, 2.05) is 47.1 Å². The van der Waals surface area contributed by atoms with E-state index >= 15 is 0 Å². The van der Waals surface area contributed by atoms with Crippen molar-refractivity contribution in [1.29, 1.82) is 0 Å². The van der Waals surface area contributed by atoms with Crippen molar-refractivity contribution in [1.82, 2.24) is 9.78 Å². The Balaban J connectivity index is 2.27. The fourth-order valence-corrected chi connectivity index (χ4v) is 2.11. The fourth-order valence-electron chi connectivity index (χ4n) is 1.85. The summed E-state index contributed by atoms with van der Waals surface area (Å²) in [6.45, 7) is 0. The highest BCUT2D eigenvalue weighted by Gasteiger charge is 2.07. The van der Waals surface area contributed by atoms with Gasteiger partial charge in [0, 0.05) is 11.1 Å². The molecule has 0 spiro atoms. The molecule has 4 heteroatoms. The zero-order chi connectivity index (χ0) is 11.8. The maximum Gasteiger partial charge on any atom is 0.0927 e. The van der Waals surface area contributed by atoms with E-state index in [2.05, 4.69) is 5.10 Å². The van der Waals surface area contributed by atoms with Crippen LogP contribution in [0.4, 0.5) is 5.69 Å². The van der Waals surface area contributed by atoms with Crippen molar-refractivity contribution in [2.45, 2.75) is 0 Å². The summed E-state index contributed by atoms with van der Waals surface area (Å²) in [6, 6.07) is 13.3. The molecule has 2 N–H and O–H groups in total. The molecular weight excluding hydrogens is 234 g/mol. The van der Waals surface area contributed by atoms with E-state index in [1.165, 1.54) is 0 Å². The molecule has 3 rings (SSSR count). The number of hydrogen-bond donors (Lipinski definition) is 1. The van der Waals surface area contributed by atoms with Crippen molar-refractivity contribution in [3.8, 4) is 5.69 Å². The van der Waals surface area contributed by atoms with Crippen molar-refractivity contribution >= 4 is 28.2 Å². The molecule has 1 heterocycles. The number of anilines is 1. The Kier molecular flexibility index (Phi) is 2.27. The Bertz CT molecular complexity index is 671. The van der Waals surface area contributed by atoms with Crippen LogP contribution >= 0.6 is 11.6 Å². The first kappa shape index (κ1) is 10.2. The second-order valence-electron chi connectivity index (χ2n) is 3.83. The third-order valence-corrected chi connectivity index (χ3v) is 2.98. The number of rotatable bonds is 1. The molecule has 0 radical (unpaired) electrons. The molecule has 2 aromatic carbocycles. The molecule has 0 amide bonds. The van der Waals surface area contributed by atoms with Gasteiger partial charge in [0.15, 0.2) is 0 Å². The summed E-state index contributed by atoms with van der Waals surface area (Å²) in [7, 11) is 0. The first-order chi connectivity index (χ1) is 8.25. The lowest BCUT2D eigenvalue weighted by atomic mass is 10.2. The van der Waals surface area contributed by atoms with Gasteiger partial charge in [-0.05, 0) is 30.3 Å². The second kappa shape index (κ2) is 3.79. The highest BCUT2D eigenvalue weighted by molar-refractivity contribution is 6.35. The van der Waals surface area contributed by atoms with Gasteiger partial charge in [0.05, 0.1) is 22.4 Å². The van der Waals surface area contributed by atoms with E-state index in [4.69, 9.17) is 17.3 Å². The molecule has 0 fully saturated rings. The highest BCUT2D eigenvalue weighted by Crippen LogP contribution is 2.25. The van der Waals surface area contributed by atoms with Crippen LogP contribution in [0.1, 0.15) is 0 Å². The Morgan fingerprint density at radius 2 is 1.82 bits per heavy atom. The Labute approximate surface area is 103 Å². The molecule has 3 nitrogen and oxygen atoms in total. The Morgan fingerprint density at radius 3 is 2.59 bits per heavy atom. The topological polar surface area (TPSA) is 43.8 Å². The van der Waals surface area contributed by atoms with Crippen molar-refractivity contribution in [2.24, 2.45) is 0 Å². The predicted molar refractivity (Wildman–Crippen MR) is 70.5 cm³/mol. The molecule has 1 aromatic heterocycles. The summed E-state index contributed by atoms with van der Waals surface area (Å²) in [5.41, 5.74) is 8.26. The molecule has 84 valence electrons. The molecule has 0 aliphatic heterocycles. The van der Waals surface area contributed by atoms with E-state index in [9.17, 15) is 0 Å². The van der Waals surface area contributed by atoms with Gasteiger partial charge >= 0.3 is 0 Å². The van der Waals surface area contributed by atoms with Crippen LogP contribution in [0.2, 0.25) is 5.02 Å². The lowest BCUT2D eigenvalue weighted by Crippen LogP contribution is -1.96. The summed E-state index contributed by atoms with van der Waals surface area (Å²) in [5.74, 6) is 0. The predicted octanol–water partition coefficient (Wildman–Crippen LogP) is 3.26. The molecule has 0 atom stereocenters. The number of nitrogen functional groups attached to an aromatic ring is 1. The third-order valence-electron chi connectivity index (χ3n) is 2.68. The van der Waals surface area contributed by atoms with Gasteiger partial charge in [0.2, 0.25) is 0 Å². The molecule has 0 bridgehead atoms. The van der Waals surface area contributed by atoms with Crippen LogP contribution in [0, 0.1) is 0 Å². The highest BCUT2D eigenvalue weighted by atomic mass is 35.5. The van der Waals surface area contributed by atoms with Crippen LogP contribution < -0.4 is 5.73 Å². The fraction of sp³-hybridized carbons (Fsp3) is 0. The van der Waals surface area contributed by atoms with E-state index in [0.717, 1.165) is 22.3 Å². The zero-order valence-electron chi connectivity index (χ0n) is 8.97. The molecule has 17 heavy (non-hydrogen) atoms. The van der Waals surface area contributed by atoms with Crippen molar-refractivity contribution in [3.63, 3.8) is 0 Å². The van der Waals surface area contributed by atoms with E-state index in [-0.39, 0.29) is 0 Å². The maximum absolute atomic E-state index is 6.20. The SMILES string of the molecule is Nc1ccc(-n2ncc3cccc(Cl)c32)cc1. The maximum atomic E-state index is 6.20. The number of hydrogen-bond acceptors (Lipinski definition) is 2. The minimum absolute atomic E-state index is 0.692. The lowest BCUT2D eigenvalue weighted by molar-refractivity contribution is 0.911. The largest absolute Gasteiger partial charge is 0.399 e. The first-order valence-electron chi connectivity index (χ1n) is 5.24. The molecule has 0 aliphatic rings. The monoisotopic (exact) mass is 243 g/mol. The summed E-state index contributed by atoms with van der Waals surface area (Å²) in [5, 5.41) is 6.06. The van der Waals surface area contributed by atoms with Gasteiger partial charge in [-0.15, -0.1) is 0 Å². The van der Waals surface area contributed by atoms with Crippen LogP contribution in [-0.4, -0.2) is 9.78 Å². The van der Waals surface area contributed by atoms with E-state index in [1.54, 1.807) is 6.20 Å². The first-order valence-corrected chi connectivity index (χ1v) is 5.62. The summed E-state index contributed by atoms with van der Waals surface area (Å²) >= 11 is 6.20. The number of nitrogens with zero attached hydrogens (tertiary/aromatic N) is 2. The summed E-state index contributed by atoms with van der Waals surface area (Å²) < 4.78 is 1.82. The number of aromatic nitrogens is 2. The van der Waals surface area contributed by atoms with Crippen molar-refractivity contribution < 1.29 is 0 Å². The van der Waals surface area contributed by atoms with Crippen LogP contribution in [0.15, 0.2) is 48.7 Å². The van der Waals surface area contributed by atoms with Gasteiger partial charge in [-0.2, -0.15) is 5.10 Å². The average molecular weight is 244 g/mol. The number of benzene rings is 2. The quantitative estimate of drug-likeness (QED) is 0.667. The number of para-hydroxylation sites is 1. The average Bonchev–Trinajstić information content (AvgIpc) is 2.75. The Morgan fingerprint density at radius 1 is 1.06 bits per heavy atom. The van der Waals surface area contributed by atoms with Gasteiger partial charge in [-0.3, -0.25) is 0 Å². The van der Waals surface area contributed by atoms with Gasteiger partial charge in [0.1, 0.15) is 0 Å². The smallest absolute Gasteiger partial charge is 0.0927 e. The minimum Gasteiger partial charge on any atom is -0.399 e. The van der Waals surface area contributed by atoms with Crippen LogP contribution in [-0.2, 0) is 0 Å². The summed E-state index contributed by atoms with van der Waals surface area (Å²) in [6.07, 6.45) is 1.80. The lowest BCUT2D eigenvalue weighted by Gasteiger charge is -2.05. The number of halogens is 1. The standard InChI is InChI=1S/C13H10ClN3/c14-12-3-1-2-9-8-16-17(13(9)12)11-6-4-10(15)5-7-11/h1-8H,15H2. The number of nitrogens with two attached hydrogens (primary N) is 1. The molecular formula is C13H10ClN3. The van der Waals surface area contributed by atoms with Crippen LogP contribution in [0.25, 0.3) is 16.6 Å². The zero-order valence-corrected chi connectivity index (χ0v) is 9.72. The number of fused-ring (bicyclic) bond motifs is 1. The molecule has 0 aliphatic carbocycles. The minimum atomic E-state index is 0.692. The normalized spacial score (nSPS) is 10.9. The van der Waals surface area contributed by atoms with Gasteiger partial charge in [-0.1, -0.05) is 23.7 Å². The van der Waals surface area contributed by atoms with Gasteiger partial charge < -0.3 is 5.73 Å². The van der Waals surface area contributed by atoms with Crippen molar-refractivity contribution in [2.75, 3.05) is 5.73 Å². The molecule has 3 aromatic rings. The van der Waals surface area contributed by atoms with E-state index < -0.39 is 0 Å². The molecule has 0 unspecified atom stereocenters. The Hall–Kier alpha value is -2.00. The van der Waals surface area contributed by atoms with Crippen LogP contribution in [0.5, 0.6) is 0 Å². The van der Waals surface area contributed by atoms with Crippen molar-refractivity contribution in [3.05, 3.63) is 53.7 Å². The van der Waals surface area contributed by atoms with Gasteiger partial charge in [0.25, 0.3) is 0 Å². The molecule has 0 saturated carbocycles. The van der Waals surface area contributed by atoms with E-state index in [0.29, 0.717) is 5.02 Å². The molecule has 0 saturated heterocycles. The third kappa shape index (κ3) is 1.65. The summed E-state index contributed by atoms with van der Waals surface area (Å²) in [4.78, 5) is 0. The van der Waals surface area contributed by atoms with Gasteiger partial charge in [-0.25, -0.2) is 4.68 Å².